The summed E-state index contributed by atoms with van der Waals surface area (Å²) in [6, 6.07) is 18.8. The number of anilines is 2. The molecule has 33 heavy (non-hydrogen) atoms. The van der Waals surface area contributed by atoms with E-state index in [0.29, 0.717) is 27.0 Å². The second kappa shape index (κ2) is 8.75. The van der Waals surface area contributed by atoms with E-state index in [9.17, 15) is 22.8 Å². The Bertz CT molecular complexity index is 1350. The maximum Gasteiger partial charge on any atom is 0.269 e. The van der Waals surface area contributed by atoms with Gasteiger partial charge in [-0.3, -0.25) is 14.4 Å². The number of nitrogens with zero attached hydrogens (tertiary/aromatic N) is 1. The number of rotatable bonds is 6. The minimum Gasteiger partial charge on any atom is -0.495 e. The van der Waals surface area contributed by atoms with Crippen molar-refractivity contribution < 1.29 is 27.5 Å². The summed E-state index contributed by atoms with van der Waals surface area (Å²) in [7, 11) is -2.57. The van der Waals surface area contributed by atoms with E-state index in [1.165, 1.54) is 49.6 Å². The molecule has 0 saturated carbocycles. The maximum atomic E-state index is 12.6. The highest BCUT2D eigenvalue weighted by Gasteiger charge is 2.41. The molecule has 0 bridgehead atoms. The molecule has 0 unspecified atom stereocenters. The number of hydrogen-bond acceptors (Lipinski definition) is 6. The molecule has 0 spiro atoms. The number of para-hydroxylation sites is 2. The minimum absolute atomic E-state index is 0.0377. The summed E-state index contributed by atoms with van der Waals surface area (Å²) in [5.74, 6) is -1.29. The van der Waals surface area contributed by atoms with Crippen molar-refractivity contribution in [3.05, 3.63) is 83.9 Å². The quantitative estimate of drug-likeness (QED) is 0.577. The number of amides is 3. The van der Waals surface area contributed by atoms with Crippen molar-refractivity contribution in [3.63, 3.8) is 0 Å². The predicted molar refractivity (Wildman–Crippen MR) is 121 cm³/mol. The monoisotopic (exact) mass is 465 g/mol. The Morgan fingerprint density at radius 3 is 2.27 bits per heavy atom. The lowest BCUT2D eigenvalue weighted by Crippen LogP contribution is -2.37. The van der Waals surface area contributed by atoms with Crippen molar-refractivity contribution in [2.75, 3.05) is 24.3 Å². The second-order valence-electron chi connectivity index (χ2n) is 7.09. The summed E-state index contributed by atoms with van der Waals surface area (Å²) in [4.78, 5) is 37.2. The van der Waals surface area contributed by atoms with E-state index in [1.54, 1.807) is 30.3 Å². The van der Waals surface area contributed by atoms with E-state index in [0.717, 1.165) is 0 Å². The highest BCUT2D eigenvalue weighted by Crippen LogP contribution is 2.29. The van der Waals surface area contributed by atoms with Gasteiger partial charge in [-0.1, -0.05) is 24.3 Å². The lowest BCUT2D eigenvalue weighted by Gasteiger charge is -2.15. The molecule has 0 aromatic heterocycles. The maximum absolute atomic E-state index is 12.6. The van der Waals surface area contributed by atoms with Crippen LogP contribution in [0.5, 0.6) is 5.75 Å². The molecule has 2 N–H and O–H groups in total. The Morgan fingerprint density at radius 1 is 0.909 bits per heavy atom. The zero-order valence-corrected chi connectivity index (χ0v) is 18.3. The van der Waals surface area contributed by atoms with Crippen molar-refractivity contribution in [3.8, 4) is 5.75 Å². The first-order chi connectivity index (χ1) is 15.8. The summed E-state index contributed by atoms with van der Waals surface area (Å²) >= 11 is 0. The zero-order chi connectivity index (χ0) is 23.6. The van der Waals surface area contributed by atoms with Crippen LogP contribution in [0.4, 0.5) is 11.4 Å². The standard InChI is InChI=1S/C23H19N3O6S/c1-32-19-8-4-3-7-18(19)25-22(28)15-10-12-16(13-11-15)24-21(27)14-26-23(29)17-6-2-5-9-20(17)33(26,30)31/h2-13H,14H2,1H3,(H,24,27)(H,25,28). The average molecular weight is 465 g/mol. The largest absolute Gasteiger partial charge is 0.495 e. The van der Waals surface area contributed by atoms with Gasteiger partial charge in [0.1, 0.15) is 17.2 Å². The number of nitrogens with one attached hydrogen (secondary N) is 2. The van der Waals surface area contributed by atoms with Crippen molar-refractivity contribution in [1.29, 1.82) is 0 Å². The van der Waals surface area contributed by atoms with Crippen LogP contribution in [0.2, 0.25) is 0 Å². The van der Waals surface area contributed by atoms with Gasteiger partial charge in [0.15, 0.2) is 0 Å². The van der Waals surface area contributed by atoms with E-state index >= 15 is 0 Å². The average Bonchev–Trinajstić information content (AvgIpc) is 3.00. The van der Waals surface area contributed by atoms with Crippen molar-refractivity contribution in [2.24, 2.45) is 0 Å². The van der Waals surface area contributed by atoms with Crippen molar-refractivity contribution in [1.82, 2.24) is 4.31 Å². The topological polar surface area (TPSA) is 122 Å². The summed E-state index contributed by atoms with van der Waals surface area (Å²) < 4.78 is 30.9. The van der Waals surface area contributed by atoms with Gasteiger partial charge in [-0.05, 0) is 48.5 Å². The van der Waals surface area contributed by atoms with Gasteiger partial charge >= 0.3 is 0 Å². The van der Waals surface area contributed by atoms with Crippen LogP contribution in [0.15, 0.2) is 77.7 Å². The molecule has 0 aliphatic carbocycles. The van der Waals surface area contributed by atoms with Crippen LogP contribution in [-0.2, 0) is 14.8 Å². The van der Waals surface area contributed by atoms with Crippen molar-refractivity contribution in [2.45, 2.75) is 4.90 Å². The minimum atomic E-state index is -4.08. The van der Waals surface area contributed by atoms with Crippen LogP contribution in [-0.4, -0.2) is 44.1 Å². The molecule has 1 aliphatic heterocycles. The number of carbonyl (C=O) groups is 3. The predicted octanol–water partition coefficient (Wildman–Crippen LogP) is 2.73. The first kappa shape index (κ1) is 22.0. The molecule has 3 aromatic carbocycles. The molecule has 9 nitrogen and oxygen atoms in total. The normalized spacial score (nSPS) is 13.8. The van der Waals surface area contributed by atoms with Crippen LogP contribution in [0.25, 0.3) is 0 Å². The van der Waals surface area contributed by atoms with Gasteiger partial charge < -0.3 is 15.4 Å². The van der Waals surface area contributed by atoms with E-state index < -0.39 is 28.4 Å². The van der Waals surface area contributed by atoms with Gasteiger partial charge in [-0.2, -0.15) is 0 Å². The van der Waals surface area contributed by atoms with Gasteiger partial charge in [0.2, 0.25) is 5.91 Å². The summed E-state index contributed by atoms with van der Waals surface area (Å²) in [6.45, 7) is -0.661. The summed E-state index contributed by atoms with van der Waals surface area (Å²) in [6.07, 6.45) is 0. The third-order valence-electron chi connectivity index (χ3n) is 4.99. The molecule has 10 heteroatoms. The number of carbonyl (C=O) groups excluding carboxylic acids is 3. The van der Waals surface area contributed by atoms with Crippen LogP contribution < -0.4 is 15.4 Å². The van der Waals surface area contributed by atoms with E-state index in [2.05, 4.69) is 10.6 Å². The second-order valence-corrected chi connectivity index (χ2v) is 8.92. The number of ether oxygens (including phenoxy) is 1. The SMILES string of the molecule is COc1ccccc1NC(=O)c1ccc(NC(=O)CN2C(=O)c3ccccc3S2(=O)=O)cc1. The molecule has 4 rings (SSSR count). The van der Waals surface area contributed by atoms with Gasteiger partial charge in [-0.25, -0.2) is 12.7 Å². The molecule has 3 amide bonds. The molecule has 0 atom stereocenters. The number of fused-ring (bicyclic) bond motifs is 1. The lowest BCUT2D eigenvalue weighted by molar-refractivity contribution is -0.116. The van der Waals surface area contributed by atoms with Crippen LogP contribution >= 0.6 is 0 Å². The number of methoxy groups -OCH3 is 1. The number of sulfonamides is 1. The van der Waals surface area contributed by atoms with Crippen LogP contribution in [0.1, 0.15) is 20.7 Å². The smallest absolute Gasteiger partial charge is 0.269 e. The molecule has 168 valence electrons. The molecule has 0 fully saturated rings. The first-order valence-electron chi connectivity index (χ1n) is 9.81. The van der Waals surface area contributed by atoms with Crippen molar-refractivity contribution >= 4 is 39.1 Å². The zero-order valence-electron chi connectivity index (χ0n) is 17.4. The molecule has 1 heterocycles. The van der Waals surface area contributed by atoms with Gasteiger partial charge in [0.05, 0.1) is 18.4 Å². The first-order valence-corrected chi connectivity index (χ1v) is 11.3. The Labute approximate surface area is 190 Å². The molecule has 3 aromatic rings. The fourth-order valence-electron chi connectivity index (χ4n) is 3.37. The Morgan fingerprint density at radius 2 is 1.58 bits per heavy atom. The number of hydrogen-bond donors (Lipinski definition) is 2. The van der Waals surface area contributed by atoms with Gasteiger partial charge in [0, 0.05) is 11.3 Å². The highest BCUT2D eigenvalue weighted by molar-refractivity contribution is 7.90. The highest BCUT2D eigenvalue weighted by atomic mass is 32.2. The lowest BCUT2D eigenvalue weighted by atomic mass is 10.2. The third kappa shape index (κ3) is 4.28. The summed E-state index contributed by atoms with van der Waals surface area (Å²) in [5, 5.41) is 5.29. The van der Waals surface area contributed by atoms with E-state index in [4.69, 9.17) is 4.74 Å². The molecule has 0 radical (unpaired) electrons. The van der Waals surface area contributed by atoms with Gasteiger partial charge in [0.25, 0.3) is 21.8 Å². The Kier molecular flexibility index (Phi) is 5.84. The number of benzene rings is 3. The molecular weight excluding hydrogens is 446 g/mol. The van der Waals surface area contributed by atoms with Crippen LogP contribution in [0, 0.1) is 0 Å². The summed E-state index contributed by atoms with van der Waals surface area (Å²) in [5.41, 5.74) is 1.23. The van der Waals surface area contributed by atoms with E-state index in [-0.39, 0.29) is 16.4 Å². The molecule has 0 saturated heterocycles. The van der Waals surface area contributed by atoms with Crippen LogP contribution in [0.3, 0.4) is 0 Å². The molecular formula is C23H19N3O6S. The fourth-order valence-corrected chi connectivity index (χ4v) is 4.89. The molecule has 1 aliphatic rings. The fraction of sp³-hybridized carbons (Fsp3) is 0.0870. The Balaban J connectivity index is 1.41. The Hall–Kier alpha value is -4.18. The third-order valence-corrected chi connectivity index (χ3v) is 6.77. The van der Waals surface area contributed by atoms with E-state index in [1.807, 2.05) is 0 Å². The van der Waals surface area contributed by atoms with Gasteiger partial charge in [-0.15, -0.1) is 0 Å².